The average Bonchev–Trinajstić information content (AvgIpc) is 2.02. The fourth-order valence-electron chi connectivity index (χ4n) is 1.21. The van der Waals surface area contributed by atoms with E-state index in [4.69, 9.17) is 0 Å². The lowest BCUT2D eigenvalue weighted by atomic mass is 10.2. The second-order valence-electron chi connectivity index (χ2n) is 3.56. The van der Waals surface area contributed by atoms with Gasteiger partial charge in [0.25, 0.3) is 0 Å². The summed E-state index contributed by atoms with van der Waals surface area (Å²) >= 11 is 0. The number of urea groups is 1. The summed E-state index contributed by atoms with van der Waals surface area (Å²) in [5.74, 6) is 0. The maximum atomic E-state index is 11.4. The van der Waals surface area contributed by atoms with Crippen molar-refractivity contribution in [2.45, 2.75) is 26.4 Å². The zero-order valence-corrected chi connectivity index (χ0v) is 8.01. The fourth-order valence-corrected chi connectivity index (χ4v) is 1.21. The fraction of sp³-hybridized carbons (Fsp3) is 0.625. The van der Waals surface area contributed by atoms with Crippen LogP contribution in [0.15, 0.2) is 12.3 Å². The molecule has 1 rings (SSSR count). The molecule has 0 aromatic carbocycles. The highest BCUT2D eigenvalue weighted by Crippen LogP contribution is 2.22. The van der Waals surface area contributed by atoms with Crippen LogP contribution in [0.3, 0.4) is 0 Å². The van der Waals surface area contributed by atoms with Gasteiger partial charge in [0, 0.05) is 12.7 Å². The molecule has 0 saturated carbocycles. The summed E-state index contributed by atoms with van der Waals surface area (Å²) in [5.41, 5.74) is 0.399. The first-order valence-corrected chi connectivity index (χ1v) is 3.88. The maximum Gasteiger partial charge on any atom is 0.337 e. The van der Waals surface area contributed by atoms with E-state index in [-0.39, 0.29) is 11.7 Å². The molecule has 0 aromatic heterocycles. The van der Waals surface area contributed by atoms with Crippen LogP contribution in [0.5, 0.6) is 0 Å². The Balaban J connectivity index is 2.92. The molecule has 1 saturated heterocycles. The molecule has 4 nitrogen and oxygen atoms in total. The van der Waals surface area contributed by atoms with E-state index in [0.717, 1.165) is 5.70 Å². The molecular weight excluding hydrogens is 154 g/mol. The Morgan fingerprint density at radius 1 is 1.58 bits per heavy atom. The quantitative estimate of drug-likeness (QED) is 0.638. The monoisotopic (exact) mass is 169 g/mol. The third-order valence-corrected chi connectivity index (χ3v) is 2.08. The SMILES string of the molecule is C=C(C)N1C(=O)NC(C)(C)N1C. The molecule has 0 aliphatic carbocycles. The highest BCUT2D eigenvalue weighted by atomic mass is 16.2. The summed E-state index contributed by atoms with van der Waals surface area (Å²) in [6.45, 7) is 9.41. The van der Waals surface area contributed by atoms with Gasteiger partial charge in [-0.25, -0.2) is 9.80 Å². The van der Waals surface area contributed by atoms with Gasteiger partial charge in [-0.05, 0) is 20.8 Å². The van der Waals surface area contributed by atoms with Gasteiger partial charge in [0.1, 0.15) is 5.66 Å². The molecule has 2 amide bonds. The van der Waals surface area contributed by atoms with Crippen molar-refractivity contribution in [1.82, 2.24) is 15.3 Å². The van der Waals surface area contributed by atoms with Crippen LogP contribution in [-0.2, 0) is 0 Å². The average molecular weight is 169 g/mol. The largest absolute Gasteiger partial charge is 0.337 e. The Morgan fingerprint density at radius 2 is 2.08 bits per heavy atom. The van der Waals surface area contributed by atoms with Crippen molar-refractivity contribution in [2.24, 2.45) is 0 Å². The van der Waals surface area contributed by atoms with E-state index in [2.05, 4.69) is 11.9 Å². The normalized spacial score (nSPS) is 22.7. The van der Waals surface area contributed by atoms with Crippen LogP contribution < -0.4 is 5.32 Å². The Hall–Kier alpha value is -1.03. The first-order chi connectivity index (χ1) is 5.36. The molecule has 0 bridgehead atoms. The molecule has 4 heteroatoms. The highest BCUT2D eigenvalue weighted by Gasteiger charge is 2.40. The Labute approximate surface area is 72.8 Å². The number of carbonyl (C=O) groups excluding carboxylic acids is 1. The molecule has 1 aliphatic rings. The van der Waals surface area contributed by atoms with Gasteiger partial charge in [-0.1, -0.05) is 6.58 Å². The lowest BCUT2D eigenvalue weighted by molar-refractivity contribution is 0.0328. The van der Waals surface area contributed by atoms with E-state index >= 15 is 0 Å². The molecule has 0 atom stereocenters. The summed E-state index contributed by atoms with van der Waals surface area (Å²) in [6, 6.07) is -0.116. The second-order valence-corrected chi connectivity index (χ2v) is 3.56. The summed E-state index contributed by atoms with van der Waals surface area (Å²) < 4.78 is 0. The topological polar surface area (TPSA) is 35.6 Å². The van der Waals surface area contributed by atoms with Gasteiger partial charge in [0.05, 0.1) is 0 Å². The highest BCUT2D eigenvalue weighted by molar-refractivity contribution is 5.78. The van der Waals surface area contributed by atoms with Crippen LogP contribution in [0.2, 0.25) is 0 Å². The van der Waals surface area contributed by atoms with Crippen molar-refractivity contribution < 1.29 is 4.79 Å². The summed E-state index contributed by atoms with van der Waals surface area (Å²) in [7, 11) is 1.85. The molecule has 1 N–H and O–H groups in total. The van der Waals surface area contributed by atoms with Crippen molar-refractivity contribution in [1.29, 1.82) is 0 Å². The molecule has 12 heavy (non-hydrogen) atoms. The Morgan fingerprint density at radius 3 is 2.25 bits per heavy atom. The summed E-state index contributed by atoms with van der Waals surface area (Å²) in [6.07, 6.45) is 0. The first kappa shape index (κ1) is 9.06. The Bertz CT molecular complexity index is 234. The van der Waals surface area contributed by atoms with E-state index in [9.17, 15) is 4.79 Å². The predicted molar refractivity (Wildman–Crippen MR) is 47.0 cm³/mol. The molecule has 1 heterocycles. The van der Waals surface area contributed by atoms with Crippen LogP contribution >= 0.6 is 0 Å². The zero-order chi connectivity index (χ0) is 9.52. The third kappa shape index (κ3) is 1.18. The molecule has 68 valence electrons. The number of hydrogen-bond donors (Lipinski definition) is 1. The number of nitrogens with zero attached hydrogens (tertiary/aromatic N) is 2. The molecule has 0 radical (unpaired) electrons. The van der Waals surface area contributed by atoms with Gasteiger partial charge in [-0.15, -0.1) is 0 Å². The van der Waals surface area contributed by atoms with Crippen LogP contribution in [0, 0.1) is 0 Å². The molecular formula is C8H15N3O. The lowest BCUT2D eigenvalue weighted by Gasteiger charge is -2.30. The van der Waals surface area contributed by atoms with E-state index in [0.29, 0.717) is 0 Å². The maximum absolute atomic E-state index is 11.4. The summed E-state index contributed by atoms with van der Waals surface area (Å²) in [4.78, 5) is 11.4. The van der Waals surface area contributed by atoms with Crippen molar-refractivity contribution in [3.05, 3.63) is 12.3 Å². The first-order valence-electron chi connectivity index (χ1n) is 3.88. The van der Waals surface area contributed by atoms with Crippen LogP contribution in [0.25, 0.3) is 0 Å². The zero-order valence-electron chi connectivity index (χ0n) is 8.01. The molecule has 0 spiro atoms. The minimum absolute atomic E-state index is 0.116. The smallest absolute Gasteiger partial charge is 0.317 e. The number of allylic oxidation sites excluding steroid dienone is 1. The van der Waals surface area contributed by atoms with Gasteiger partial charge in [-0.2, -0.15) is 5.01 Å². The van der Waals surface area contributed by atoms with Crippen LogP contribution in [0.4, 0.5) is 4.79 Å². The van der Waals surface area contributed by atoms with E-state index in [1.165, 1.54) is 5.01 Å². The van der Waals surface area contributed by atoms with Crippen molar-refractivity contribution >= 4 is 6.03 Å². The molecule has 1 aliphatic heterocycles. The number of amides is 2. The standard InChI is InChI=1S/C8H15N3O/c1-6(2)11-7(12)9-8(3,4)10(11)5/h1H2,2-5H3,(H,9,12). The van der Waals surface area contributed by atoms with Crippen LogP contribution in [0.1, 0.15) is 20.8 Å². The predicted octanol–water partition coefficient (Wildman–Crippen LogP) is 1.13. The number of rotatable bonds is 1. The molecule has 0 unspecified atom stereocenters. The van der Waals surface area contributed by atoms with E-state index in [1.807, 2.05) is 25.9 Å². The molecule has 1 fully saturated rings. The second kappa shape index (κ2) is 2.48. The van der Waals surface area contributed by atoms with Gasteiger partial charge < -0.3 is 5.32 Å². The lowest BCUT2D eigenvalue weighted by Crippen LogP contribution is -2.46. The van der Waals surface area contributed by atoms with E-state index < -0.39 is 0 Å². The minimum atomic E-state index is -0.323. The third-order valence-electron chi connectivity index (χ3n) is 2.08. The summed E-state index contributed by atoms with van der Waals surface area (Å²) in [5, 5.41) is 6.19. The van der Waals surface area contributed by atoms with Crippen LogP contribution in [-0.4, -0.2) is 28.8 Å². The van der Waals surface area contributed by atoms with Gasteiger partial charge in [0.15, 0.2) is 0 Å². The van der Waals surface area contributed by atoms with Gasteiger partial charge in [-0.3, -0.25) is 0 Å². The number of hydrogen-bond acceptors (Lipinski definition) is 2. The number of nitrogens with one attached hydrogen (secondary N) is 1. The van der Waals surface area contributed by atoms with Crippen molar-refractivity contribution in [2.75, 3.05) is 7.05 Å². The minimum Gasteiger partial charge on any atom is -0.317 e. The van der Waals surface area contributed by atoms with Gasteiger partial charge >= 0.3 is 6.03 Å². The van der Waals surface area contributed by atoms with E-state index in [1.54, 1.807) is 6.92 Å². The van der Waals surface area contributed by atoms with Crippen molar-refractivity contribution in [3.8, 4) is 0 Å². The Kier molecular flexibility index (Phi) is 1.88. The number of carbonyl (C=O) groups is 1. The van der Waals surface area contributed by atoms with Crippen molar-refractivity contribution in [3.63, 3.8) is 0 Å². The number of hydrazine groups is 1. The van der Waals surface area contributed by atoms with Gasteiger partial charge in [0.2, 0.25) is 0 Å². The molecule has 0 aromatic rings.